The van der Waals surface area contributed by atoms with E-state index in [2.05, 4.69) is 20.3 Å². The van der Waals surface area contributed by atoms with Gasteiger partial charge in [0.15, 0.2) is 0 Å². The molecule has 2 aromatic heterocycles. The Labute approximate surface area is 201 Å². The maximum absolute atomic E-state index is 13.4. The molecule has 194 valence electrons. The van der Waals surface area contributed by atoms with Gasteiger partial charge in [-0.3, -0.25) is 4.98 Å². The van der Waals surface area contributed by atoms with Crippen molar-refractivity contribution in [2.75, 3.05) is 5.32 Å². The number of benzene rings is 2. The zero-order chi connectivity index (χ0) is 27.2. The van der Waals surface area contributed by atoms with Gasteiger partial charge in [0, 0.05) is 5.39 Å². The molecule has 0 fully saturated rings. The number of nitrogens with one attached hydrogen (secondary N) is 1. The van der Waals surface area contributed by atoms with Crippen LogP contribution in [-0.2, 0) is 11.8 Å². The Kier molecular flexibility index (Phi) is 6.26. The van der Waals surface area contributed by atoms with Gasteiger partial charge >= 0.3 is 18.5 Å². The van der Waals surface area contributed by atoms with E-state index in [4.69, 9.17) is 0 Å². The smallest absolute Gasteiger partial charge is 0.368 e. The first kappa shape index (κ1) is 26.1. The second-order valence-corrected chi connectivity index (χ2v) is 7.76. The van der Waals surface area contributed by atoms with Crippen LogP contribution in [0.25, 0.3) is 22.0 Å². The predicted molar refractivity (Wildman–Crippen MR) is 114 cm³/mol. The van der Waals surface area contributed by atoms with Gasteiger partial charge in [0.1, 0.15) is 12.1 Å². The number of hydrogen-bond acceptors (Lipinski definition) is 5. The minimum absolute atomic E-state index is 0.0529. The third-order valence-corrected chi connectivity index (χ3v) is 5.40. The molecule has 0 bridgehead atoms. The number of rotatable bonds is 4. The lowest BCUT2D eigenvalue weighted by Gasteiger charge is -2.31. The number of hydrogen-bond donors (Lipinski definition) is 2. The van der Waals surface area contributed by atoms with Crippen molar-refractivity contribution >= 4 is 22.4 Å². The Bertz CT molecular complexity index is 1420. The quantitative estimate of drug-likeness (QED) is 0.284. The largest absolute Gasteiger partial charge is 0.432 e. The number of nitrogens with zero attached hydrogens (tertiary/aromatic N) is 3. The van der Waals surface area contributed by atoms with Gasteiger partial charge in [-0.1, -0.05) is 24.3 Å². The Balaban J connectivity index is 1.68. The zero-order valence-corrected chi connectivity index (χ0v) is 18.0. The summed E-state index contributed by atoms with van der Waals surface area (Å²) in [6, 6.07) is 10.3. The third kappa shape index (κ3) is 4.75. The molecule has 0 unspecified atom stereocenters. The molecule has 0 atom stereocenters. The number of alkyl halides is 9. The van der Waals surface area contributed by atoms with Crippen molar-refractivity contribution in [1.29, 1.82) is 0 Å². The van der Waals surface area contributed by atoms with E-state index >= 15 is 0 Å². The highest BCUT2D eigenvalue weighted by Gasteiger charge is 2.72. The number of fused-ring (bicyclic) bond motifs is 1. The van der Waals surface area contributed by atoms with Gasteiger partial charge in [-0.2, -0.15) is 39.5 Å². The van der Waals surface area contributed by atoms with E-state index in [0.29, 0.717) is 17.6 Å². The Morgan fingerprint density at radius 1 is 0.730 bits per heavy atom. The van der Waals surface area contributed by atoms with E-state index in [1.807, 2.05) is 0 Å². The van der Waals surface area contributed by atoms with E-state index in [1.165, 1.54) is 36.4 Å². The molecule has 0 aliphatic heterocycles. The molecule has 0 spiro atoms. The molecule has 37 heavy (non-hydrogen) atoms. The van der Waals surface area contributed by atoms with Gasteiger partial charge in [0.05, 0.1) is 28.7 Å². The van der Waals surface area contributed by atoms with Gasteiger partial charge in [0.2, 0.25) is 0 Å². The highest BCUT2D eigenvalue weighted by Crippen LogP contribution is 2.49. The SMILES string of the molecule is OC(c1ccc(Nc2ncnc3cc(-c4ccccc4C(F)(F)F)ccc23)cn1)(C(F)(F)F)C(F)(F)F. The van der Waals surface area contributed by atoms with Crippen LogP contribution in [0.1, 0.15) is 11.3 Å². The minimum atomic E-state index is -6.08. The van der Waals surface area contributed by atoms with Gasteiger partial charge in [-0.15, -0.1) is 0 Å². The second-order valence-electron chi connectivity index (χ2n) is 7.76. The summed E-state index contributed by atoms with van der Waals surface area (Å²) in [6.45, 7) is 0. The second kappa shape index (κ2) is 8.87. The van der Waals surface area contributed by atoms with Crippen molar-refractivity contribution in [3.63, 3.8) is 0 Å². The summed E-state index contributed by atoms with van der Waals surface area (Å²) in [5.74, 6) is 0.0529. The number of pyridine rings is 1. The monoisotopic (exact) mass is 532 g/mol. The van der Waals surface area contributed by atoms with Crippen LogP contribution in [0.4, 0.5) is 51.0 Å². The highest BCUT2D eigenvalue weighted by atomic mass is 19.4. The van der Waals surface area contributed by atoms with Crippen molar-refractivity contribution in [3.05, 3.63) is 78.4 Å². The summed E-state index contributed by atoms with van der Waals surface area (Å²) >= 11 is 0. The van der Waals surface area contributed by atoms with E-state index in [0.717, 1.165) is 18.5 Å². The molecule has 2 N–H and O–H groups in total. The van der Waals surface area contributed by atoms with E-state index in [-0.39, 0.29) is 28.1 Å². The first-order valence-corrected chi connectivity index (χ1v) is 10.1. The average Bonchev–Trinajstić information content (AvgIpc) is 2.82. The first-order valence-electron chi connectivity index (χ1n) is 10.1. The van der Waals surface area contributed by atoms with Gasteiger partial charge in [0.25, 0.3) is 5.60 Å². The molecule has 4 rings (SSSR count). The van der Waals surface area contributed by atoms with Crippen molar-refractivity contribution in [3.8, 4) is 11.1 Å². The summed E-state index contributed by atoms with van der Waals surface area (Å²) in [7, 11) is 0. The van der Waals surface area contributed by atoms with Crippen LogP contribution in [0.5, 0.6) is 0 Å². The molecular formula is C23H13F9N4O. The number of aromatic nitrogens is 3. The molecule has 0 saturated heterocycles. The van der Waals surface area contributed by atoms with Gasteiger partial charge in [-0.25, -0.2) is 9.97 Å². The fraction of sp³-hybridized carbons (Fsp3) is 0.174. The van der Waals surface area contributed by atoms with Gasteiger partial charge in [-0.05, 0) is 41.5 Å². The Morgan fingerprint density at radius 2 is 1.41 bits per heavy atom. The fourth-order valence-electron chi connectivity index (χ4n) is 3.58. The third-order valence-electron chi connectivity index (χ3n) is 5.40. The summed E-state index contributed by atoms with van der Waals surface area (Å²) in [4.78, 5) is 11.1. The van der Waals surface area contributed by atoms with Crippen LogP contribution in [0, 0.1) is 0 Å². The molecule has 4 aromatic rings. The molecule has 2 heterocycles. The minimum Gasteiger partial charge on any atom is -0.368 e. The van der Waals surface area contributed by atoms with Crippen molar-refractivity contribution in [1.82, 2.24) is 15.0 Å². The van der Waals surface area contributed by atoms with Crippen molar-refractivity contribution < 1.29 is 44.6 Å². The van der Waals surface area contributed by atoms with E-state index in [1.54, 1.807) is 0 Å². The lowest BCUT2D eigenvalue weighted by Crippen LogP contribution is -2.54. The van der Waals surface area contributed by atoms with Crippen LogP contribution >= 0.6 is 0 Å². The van der Waals surface area contributed by atoms with Crippen LogP contribution < -0.4 is 5.32 Å². The maximum atomic E-state index is 13.4. The zero-order valence-electron chi connectivity index (χ0n) is 18.0. The molecule has 0 radical (unpaired) electrons. The lowest BCUT2D eigenvalue weighted by molar-refractivity contribution is -0.377. The Morgan fingerprint density at radius 3 is 2.00 bits per heavy atom. The average molecular weight is 532 g/mol. The summed E-state index contributed by atoms with van der Waals surface area (Å²) in [5, 5.41) is 12.4. The number of aliphatic hydroxyl groups is 1. The highest BCUT2D eigenvalue weighted by molar-refractivity contribution is 5.93. The summed E-state index contributed by atoms with van der Waals surface area (Å²) in [5.41, 5.74) is -7.48. The number of anilines is 2. The topological polar surface area (TPSA) is 70.9 Å². The molecule has 5 nitrogen and oxygen atoms in total. The molecule has 0 aliphatic rings. The van der Waals surface area contributed by atoms with Crippen LogP contribution in [-0.4, -0.2) is 32.4 Å². The van der Waals surface area contributed by atoms with Crippen LogP contribution in [0.15, 0.2) is 67.1 Å². The standard InChI is InChI=1S/C23H13F9N4O/c24-21(25,26)16-4-2-1-3-14(16)12-5-7-15-17(9-12)34-11-35-19(15)36-13-6-8-18(33-10-13)20(37,22(27,28)29)23(30,31)32/h1-11,37H,(H,34,35,36). The van der Waals surface area contributed by atoms with Crippen molar-refractivity contribution in [2.24, 2.45) is 0 Å². The summed E-state index contributed by atoms with van der Waals surface area (Å²) in [6.07, 6.45) is -15.1. The first-order chi connectivity index (χ1) is 17.1. The normalized spacial score (nSPS) is 13.1. The molecule has 0 aliphatic carbocycles. The lowest BCUT2D eigenvalue weighted by atomic mass is 9.97. The van der Waals surface area contributed by atoms with Crippen LogP contribution in [0.2, 0.25) is 0 Å². The maximum Gasteiger partial charge on any atom is 0.432 e. The van der Waals surface area contributed by atoms with Crippen molar-refractivity contribution in [2.45, 2.75) is 24.1 Å². The van der Waals surface area contributed by atoms with Crippen LogP contribution in [0.3, 0.4) is 0 Å². The molecule has 0 saturated carbocycles. The summed E-state index contributed by atoms with van der Waals surface area (Å²) < 4.78 is 119. The van der Waals surface area contributed by atoms with E-state index in [9.17, 15) is 44.6 Å². The fourth-order valence-corrected chi connectivity index (χ4v) is 3.58. The van der Waals surface area contributed by atoms with E-state index < -0.39 is 35.4 Å². The van der Waals surface area contributed by atoms with Gasteiger partial charge < -0.3 is 10.4 Å². The molecule has 0 amide bonds. The number of halogens is 9. The molecular weight excluding hydrogens is 519 g/mol. The molecule has 2 aromatic carbocycles. The predicted octanol–water partition coefficient (Wildman–Crippen LogP) is 6.77. The Hall–Kier alpha value is -3.94. The molecule has 14 heteroatoms.